The maximum absolute atomic E-state index is 13.3. The average Bonchev–Trinajstić information content (AvgIpc) is 3.06. The summed E-state index contributed by atoms with van der Waals surface area (Å²) in [4.78, 5) is 21.2. The van der Waals surface area contributed by atoms with Crippen LogP contribution in [0.4, 0.5) is 4.39 Å². The lowest BCUT2D eigenvalue weighted by molar-refractivity contribution is -0.118. The van der Waals surface area contributed by atoms with Crippen LogP contribution >= 0.6 is 11.6 Å². The van der Waals surface area contributed by atoms with Crippen LogP contribution in [0.25, 0.3) is 0 Å². The number of ketones is 1. The van der Waals surface area contributed by atoms with Crippen LogP contribution in [-0.4, -0.2) is 28.9 Å². The number of aliphatic hydroxyl groups excluding tert-OH is 1. The van der Waals surface area contributed by atoms with Gasteiger partial charge in [0.2, 0.25) is 5.90 Å². The number of nitrogens with zero attached hydrogens (tertiary/aromatic N) is 2. The average molecular weight is 391 g/mol. The van der Waals surface area contributed by atoms with Crippen LogP contribution in [0.5, 0.6) is 0 Å². The first-order chi connectivity index (χ1) is 12.9. The van der Waals surface area contributed by atoms with Crippen LogP contribution in [0, 0.1) is 5.82 Å². The quantitative estimate of drug-likeness (QED) is 0.818. The maximum atomic E-state index is 13.3. The summed E-state index contributed by atoms with van der Waals surface area (Å²) in [5.41, 5.74) is 3.48. The number of pyridine rings is 1. The fourth-order valence-electron chi connectivity index (χ4n) is 3.27. The number of carbonyl (C=O) groups is 1. The number of hydrogen-bond acceptors (Lipinski definition) is 5. The largest absolute Gasteiger partial charge is 0.481 e. The van der Waals surface area contributed by atoms with Crippen LogP contribution < -0.4 is 0 Å². The van der Waals surface area contributed by atoms with Crippen molar-refractivity contribution in [3.63, 3.8) is 0 Å². The number of benzene rings is 1. The van der Waals surface area contributed by atoms with Gasteiger partial charge in [0, 0.05) is 18.5 Å². The number of halogens is 2. The van der Waals surface area contributed by atoms with Crippen molar-refractivity contribution in [1.29, 1.82) is 0 Å². The molecule has 0 aliphatic carbocycles. The Labute approximate surface area is 161 Å². The first-order valence-corrected chi connectivity index (χ1v) is 8.98. The van der Waals surface area contributed by atoms with E-state index in [4.69, 9.17) is 16.3 Å². The first-order valence-electron chi connectivity index (χ1n) is 8.61. The Morgan fingerprint density at radius 2 is 2.19 bits per heavy atom. The fraction of sp³-hybridized carbons (Fsp3) is 0.350. The number of ether oxygens (including phenoxy) is 1. The second-order valence-electron chi connectivity index (χ2n) is 6.57. The number of aliphatic imine (C=N–C) groups is 1. The van der Waals surface area contributed by atoms with Gasteiger partial charge in [0.15, 0.2) is 0 Å². The van der Waals surface area contributed by atoms with E-state index < -0.39 is 5.82 Å². The van der Waals surface area contributed by atoms with Gasteiger partial charge < -0.3 is 9.84 Å². The lowest BCUT2D eigenvalue weighted by Crippen LogP contribution is -2.13. The summed E-state index contributed by atoms with van der Waals surface area (Å²) in [6.45, 7) is 2.09. The van der Waals surface area contributed by atoms with Gasteiger partial charge in [-0.05, 0) is 35.2 Å². The zero-order valence-corrected chi connectivity index (χ0v) is 15.9. The van der Waals surface area contributed by atoms with Crippen molar-refractivity contribution in [1.82, 2.24) is 4.98 Å². The Balaban J connectivity index is 1.72. The van der Waals surface area contributed by atoms with Crippen LogP contribution in [0.3, 0.4) is 0 Å². The van der Waals surface area contributed by atoms with Gasteiger partial charge in [0.1, 0.15) is 11.6 Å². The molecule has 142 valence electrons. The molecule has 1 aromatic heterocycles. The van der Waals surface area contributed by atoms with Crippen LogP contribution in [0.1, 0.15) is 47.3 Å². The Kier molecular flexibility index (Phi) is 5.87. The first kappa shape index (κ1) is 19.5. The molecule has 0 bridgehead atoms. The molecule has 2 heterocycles. The Morgan fingerprint density at radius 1 is 1.41 bits per heavy atom. The summed E-state index contributed by atoms with van der Waals surface area (Å²) in [7, 11) is 1.52. The fourth-order valence-corrected chi connectivity index (χ4v) is 3.45. The number of rotatable bonds is 6. The molecule has 0 saturated heterocycles. The molecule has 0 fully saturated rings. The number of carbonyl (C=O) groups excluding carboxylic acids is 1. The number of fused-ring (bicyclic) bond motifs is 1. The third-order valence-corrected chi connectivity index (χ3v) is 4.89. The van der Waals surface area contributed by atoms with Crippen molar-refractivity contribution in [3.05, 3.63) is 63.2 Å². The van der Waals surface area contributed by atoms with Crippen molar-refractivity contribution in [2.24, 2.45) is 4.99 Å². The highest BCUT2D eigenvalue weighted by molar-refractivity contribution is 6.30. The highest BCUT2D eigenvalue weighted by atomic mass is 35.5. The standard InChI is InChI=1S/C20H20ClFN2O3/c1-11(12-3-4-17(22)16(21)7-12)5-15(26)8-14-6-13-9-23-20(27-2)19(13)18(10-25)24-14/h3-4,6-7,11,25H,5,8-10H2,1-2H3/t11-/m0/s1. The molecule has 7 heteroatoms. The van der Waals surface area contributed by atoms with E-state index in [2.05, 4.69) is 9.98 Å². The molecule has 0 saturated carbocycles. The van der Waals surface area contributed by atoms with Gasteiger partial charge in [0.05, 0.1) is 36.5 Å². The molecule has 0 amide bonds. The van der Waals surface area contributed by atoms with E-state index in [0.717, 1.165) is 11.1 Å². The van der Waals surface area contributed by atoms with E-state index in [9.17, 15) is 14.3 Å². The molecule has 0 unspecified atom stereocenters. The van der Waals surface area contributed by atoms with Crippen LogP contribution in [0.2, 0.25) is 5.02 Å². The molecule has 1 aliphatic heterocycles. The summed E-state index contributed by atoms with van der Waals surface area (Å²) in [5, 5.41) is 9.66. The van der Waals surface area contributed by atoms with Crippen LogP contribution in [-0.2, 0) is 29.1 Å². The van der Waals surface area contributed by atoms with Gasteiger partial charge >= 0.3 is 0 Å². The summed E-state index contributed by atoms with van der Waals surface area (Å²) in [6.07, 6.45) is 0.441. The molecule has 27 heavy (non-hydrogen) atoms. The summed E-state index contributed by atoms with van der Waals surface area (Å²) < 4.78 is 18.5. The van der Waals surface area contributed by atoms with Gasteiger partial charge in [-0.25, -0.2) is 9.38 Å². The monoisotopic (exact) mass is 390 g/mol. The Hall–Kier alpha value is -2.31. The number of methoxy groups -OCH3 is 1. The normalized spacial score (nSPS) is 13.9. The minimum absolute atomic E-state index is 0.00478. The van der Waals surface area contributed by atoms with E-state index in [1.54, 1.807) is 12.1 Å². The molecule has 3 rings (SSSR count). The summed E-state index contributed by atoms with van der Waals surface area (Å²) >= 11 is 5.82. The van der Waals surface area contributed by atoms with Crippen molar-refractivity contribution in [2.75, 3.05) is 7.11 Å². The molecule has 5 nitrogen and oxygen atoms in total. The molecular formula is C20H20ClFN2O3. The molecular weight excluding hydrogens is 371 g/mol. The van der Waals surface area contributed by atoms with E-state index in [1.807, 2.05) is 13.0 Å². The molecule has 1 aliphatic rings. The lowest BCUT2D eigenvalue weighted by Gasteiger charge is -2.13. The molecule has 2 aromatic rings. The molecule has 0 spiro atoms. The predicted molar refractivity (Wildman–Crippen MR) is 101 cm³/mol. The number of aromatic nitrogens is 1. The molecule has 1 aromatic carbocycles. The van der Waals surface area contributed by atoms with Gasteiger partial charge in [-0.1, -0.05) is 24.6 Å². The third kappa shape index (κ3) is 4.17. The summed E-state index contributed by atoms with van der Waals surface area (Å²) in [5.74, 6) is -0.104. The van der Waals surface area contributed by atoms with Gasteiger partial charge in [-0.2, -0.15) is 0 Å². The third-order valence-electron chi connectivity index (χ3n) is 4.60. The SMILES string of the molecule is COC1=NCc2cc(CC(=O)C[C@H](C)c3ccc(F)c(Cl)c3)nc(CO)c21. The number of aliphatic hydroxyl groups is 1. The van der Waals surface area contributed by atoms with Gasteiger partial charge in [-0.15, -0.1) is 0 Å². The second-order valence-corrected chi connectivity index (χ2v) is 6.98. The van der Waals surface area contributed by atoms with Crippen molar-refractivity contribution in [2.45, 2.75) is 38.8 Å². The van der Waals surface area contributed by atoms with Gasteiger partial charge in [-0.3, -0.25) is 9.78 Å². The molecule has 1 atom stereocenters. The van der Waals surface area contributed by atoms with Crippen LogP contribution in [0.15, 0.2) is 29.3 Å². The minimum Gasteiger partial charge on any atom is -0.481 e. The zero-order valence-electron chi connectivity index (χ0n) is 15.1. The van der Waals surface area contributed by atoms with Crippen molar-refractivity contribution >= 4 is 23.3 Å². The Bertz CT molecular complexity index is 914. The molecule has 0 radical (unpaired) electrons. The molecule has 1 N–H and O–H groups in total. The lowest BCUT2D eigenvalue weighted by atomic mass is 9.94. The number of hydrogen-bond donors (Lipinski definition) is 1. The maximum Gasteiger partial charge on any atom is 0.218 e. The van der Waals surface area contributed by atoms with Gasteiger partial charge in [0.25, 0.3) is 0 Å². The van der Waals surface area contributed by atoms with E-state index in [0.29, 0.717) is 29.4 Å². The summed E-state index contributed by atoms with van der Waals surface area (Å²) in [6, 6.07) is 6.33. The highest BCUT2D eigenvalue weighted by Crippen LogP contribution is 2.26. The van der Waals surface area contributed by atoms with E-state index in [-0.39, 0.29) is 36.2 Å². The zero-order chi connectivity index (χ0) is 19.6. The van der Waals surface area contributed by atoms with Crippen molar-refractivity contribution < 1.29 is 19.0 Å². The Morgan fingerprint density at radius 3 is 2.85 bits per heavy atom. The van der Waals surface area contributed by atoms with E-state index >= 15 is 0 Å². The van der Waals surface area contributed by atoms with Crippen molar-refractivity contribution in [3.8, 4) is 0 Å². The predicted octanol–water partition coefficient (Wildman–Crippen LogP) is 3.58. The minimum atomic E-state index is -0.476. The topological polar surface area (TPSA) is 71.8 Å². The highest BCUT2D eigenvalue weighted by Gasteiger charge is 2.23. The number of Topliss-reactive ketones (excluding diaryl/α,β-unsaturated/α-hetero) is 1. The smallest absolute Gasteiger partial charge is 0.218 e. The van der Waals surface area contributed by atoms with E-state index in [1.165, 1.54) is 13.2 Å². The second kappa shape index (κ2) is 8.15.